The molecule has 0 fully saturated rings. The van der Waals surface area contributed by atoms with Crippen LogP contribution in [0, 0.1) is 10.1 Å². The molecular weight excluding hydrogens is 410 g/mol. The van der Waals surface area contributed by atoms with Crippen LogP contribution in [0.25, 0.3) is 10.9 Å². The zero-order valence-corrected chi connectivity index (χ0v) is 17.5. The van der Waals surface area contributed by atoms with Gasteiger partial charge in [-0.3, -0.25) is 14.9 Å². The maximum absolute atomic E-state index is 12.3. The maximum Gasteiger partial charge on any atom is 0.269 e. The van der Waals surface area contributed by atoms with Gasteiger partial charge in [0, 0.05) is 58.5 Å². The molecule has 0 aliphatic rings. The number of aromatic nitrogens is 1. The Morgan fingerprint density at radius 2 is 1.68 bits per heavy atom. The molecule has 0 radical (unpaired) electrons. The minimum atomic E-state index is -0.388. The van der Waals surface area contributed by atoms with E-state index >= 15 is 0 Å². The van der Waals surface area contributed by atoms with Crippen LogP contribution >= 0.6 is 11.8 Å². The lowest BCUT2D eigenvalue weighted by atomic mass is 10.2. The molecule has 0 saturated carbocycles. The number of nitrogens with one attached hydrogen (secondary N) is 1. The van der Waals surface area contributed by atoms with Gasteiger partial charge in [0.15, 0.2) is 0 Å². The van der Waals surface area contributed by atoms with Crippen LogP contribution in [0.15, 0.2) is 90.0 Å². The van der Waals surface area contributed by atoms with Crippen molar-refractivity contribution in [2.75, 3.05) is 6.54 Å². The van der Waals surface area contributed by atoms with Crippen molar-refractivity contribution in [2.45, 2.75) is 17.2 Å². The van der Waals surface area contributed by atoms with Crippen molar-refractivity contribution in [1.29, 1.82) is 0 Å². The lowest BCUT2D eigenvalue weighted by Gasteiger charge is -2.07. The predicted octanol–water partition coefficient (Wildman–Crippen LogP) is 5.27. The number of nitrogens with zero attached hydrogens (tertiary/aromatic N) is 2. The highest BCUT2D eigenvalue weighted by atomic mass is 32.2. The third kappa shape index (κ3) is 4.95. The number of hydrogen-bond acceptors (Lipinski definition) is 4. The Balaban J connectivity index is 1.43. The summed E-state index contributed by atoms with van der Waals surface area (Å²) in [7, 11) is 0. The molecular formula is C24H21N3O3S. The van der Waals surface area contributed by atoms with E-state index in [4.69, 9.17) is 0 Å². The molecule has 1 aromatic heterocycles. The minimum absolute atomic E-state index is 0.0789. The summed E-state index contributed by atoms with van der Waals surface area (Å²) in [5, 5.41) is 14.9. The first-order chi connectivity index (χ1) is 15.1. The summed E-state index contributed by atoms with van der Waals surface area (Å²) in [4.78, 5) is 23.8. The molecule has 0 aliphatic carbocycles. The molecule has 4 aromatic rings. The summed E-state index contributed by atoms with van der Waals surface area (Å²) in [5.41, 5.74) is 2.90. The molecule has 0 spiro atoms. The van der Waals surface area contributed by atoms with Gasteiger partial charge in [-0.2, -0.15) is 0 Å². The Kier molecular flexibility index (Phi) is 6.33. The van der Waals surface area contributed by atoms with E-state index in [-0.39, 0.29) is 16.5 Å². The van der Waals surface area contributed by atoms with Gasteiger partial charge in [0.1, 0.15) is 0 Å². The summed E-state index contributed by atoms with van der Waals surface area (Å²) in [6.45, 7) is 1.19. The summed E-state index contributed by atoms with van der Waals surface area (Å²) in [6.07, 6.45) is 2.11. The van der Waals surface area contributed by atoms with E-state index in [1.165, 1.54) is 12.1 Å². The first-order valence-corrected chi connectivity index (χ1v) is 10.9. The highest BCUT2D eigenvalue weighted by Gasteiger charge is 2.11. The second-order valence-electron chi connectivity index (χ2n) is 7.04. The number of amides is 1. The number of fused-ring (bicyclic) bond motifs is 1. The molecule has 0 saturated heterocycles. The van der Waals surface area contributed by atoms with Crippen molar-refractivity contribution in [3.8, 4) is 0 Å². The lowest BCUT2D eigenvalue weighted by molar-refractivity contribution is -0.384. The number of carbonyl (C=O) groups excluding carboxylic acids is 1. The fourth-order valence-electron chi connectivity index (χ4n) is 3.37. The number of rotatable bonds is 8. The molecule has 3 aromatic carbocycles. The number of thioether (sulfide) groups is 1. The average molecular weight is 432 g/mol. The smallest absolute Gasteiger partial charge is 0.269 e. The minimum Gasteiger partial charge on any atom is -0.350 e. The second-order valence-corrected chi connectivity index (χ2v) is 8.06. The van der Waals surface area contributed by atoms with Gasteiger partial charge in [0.05, 0.1) is 4.92 Å². The van der Waals surface area contributed by atoms with Gasteiger partial charge in [0.2, 0.25) is 0 Å². The van der Waals surface area contributed by atoms with E-state index in [1.54, 1.807) is 36.0 Å². The first-order valence-electron chi connectivity index (χ1n) is 9.89. The van der Waals surface area contributed by atoms with Gasteiger partial charge < -0.3 is 9.88 Å². The molecule has 0 bridgehead atoms. The van der Waals surface area contributed by atoms with E-state index in [0.717, 1.165) is 27.1 Å². The van der Waals surface area contributed by atoms with Crippen LogP contribution in [0.4, 0.5) is 5.69 Å². The third-order valence-corrected chi connectivity index (χ3v) is 6.08. The quantitative estimate of drug-likeness (QED) is 0.234. The fraction of sp³-hybridized carbons (Fsp3) is 0.125. The van der Waals surface area contributed by atoms with Gasteiger partial charge in [-0.1, -0.05) is 48.5 Å². The van der Waals surface area contributed by atoms with Crippen LogP contribution in [-0.4, -0.2) is 21.9 Å². The number of benzene rings is 3. The number of para-hydroxylation sites is 1. The van der Waals surface area contributed by atoms with Crippen molar-refractivity contribution in [3.63, 3.8) is 0 Å². The first kappa shape index (κ1) is 20.7. The van der Waals surface area contributed by atoms with Crippen molar-refractivity contribution in [1.82, 2.24) is 9.88 Å². The normalized spacial score (nSPS) is 10.8. The number of nitro benzene ring substituents is 1. The number of carbonyl (C=O) groups is 1. The van der Waals surface area contributed by atoms with Crippen molar-refractivity contribution >= 4 is 34.3 Å². The van der Waals surface area contributed by atoms with Crippen LogP contribution in [0.2, 0.25) is 0 Å². The van der Waals surface area contributed by atoms with Gasteiger partial charge in [0.25, 0.3) is 11.6 Å². The van der Waals surface area contributed by atoms with E-state index in [2.05, 4.69) is 28.2 Å². The predicted molar refractivity (Wildman–Crippen MR) is 123 cm³/mol. The number of nitro groups is 1. The van der Waals surface area contributed by atoms with Crippen LogP contribution in [0.5, 0.6) is 0 Å². The Hall–Kier alpha value is -3.58. The average Bonchev–Trinajstić information content (AvgIpc) is 3.16. The van der Waals surface area contributed by atoms with Crippen molar-refractivity contribution < 1.29 is 9.72 Å². The topological polar surface area (TPSA) is 77.2 Å². The fourth-order valence-corrected chi connectivity index (χ4v) is 4.41. The Morgan fingerprint density at radius 3 is 2.42 bits per heavy atom. The van der Waals surface area contributed by atoms with Gasteiger partial charge in [-0.25, -0.2) is 0 Å². The molecule has 4 rings (SSSR count). The molecule has 1 amide bonds. The largest absolute Gasteiger partial charge is 0.350 e. The van der Waals surface area contributed by atoms with Crippen molar-refractivity contribution in [3.05, 3.63) is 106 Å². The molecule has 6 nitrogen and oxygen atoms in total. The Labute approximate surface area is 184 Å². The van der Waals surface area contributed by atoms with Crippen LogP contribution in [0.1, 0.15) is 15.9 Å². The Bertz CT molecular complexity index is 1200. The van der Waals surface area contributed by atoms with E-state index in [0.29, 0.717) is 18.7 Å². The number of non-ortho nitro benzene ring substituents is 1. The Morgan fingerprint density at radius 1 is 0.968 bits per heavy atom. The molecule has 1 heterocycles. The molecule has 7 heteroatoms. The van der Waals surface area contributed by atoms with Gasteiger partial charge in [-0.05, 0) is 23.8 Å². The van der Waals surface area contributed by atoms with Crippen LogP contribution in [-0.2, 0) is 12.3 Å². The molecule has 0 unspecified atom stereocenters. The van der Waals surface area contributed by atoms with Crippen LogP contribution in [0.3, 0.4) is 0 Å². The van der Waals surface area contributed by atoms with Crippen LogP contribution < -0.4 is 5.32 Å². The SMILES string of the molecule is O=C(NCCn1cc(SCc2ccc([N+](=O)[O-])cc2)c2ccccc21)c1ccccc1. The van der Waals surface area contributed by atoms with Crippen molar-refractivity contribution in [2.24, 2.45) is 0 Å². The summed E-state index contributed by atoms with van der Waals surface area (Å²) >= 11 is 1.70. The molecule has 156 valence electrons. The molecule has 0 atom stereocenters. The van der Waals surface area contributed by atoms with E-state index in [9.17, 15) is 14.9 Å². The monoisotopic (exact) mass is 431 g/mol. The summed E-state index contributed by atoms with van der Waals surface area (Å²) < 4.78 is 2.15. The van der Waals surface area contributed by atoms with Gasteiger partial charge in [-0.15, -0.1) is 11.8 Å². The molecule has 0 aliphatic heterocycles. The molecule has 31 heavy (non-hydrogen) atoms. The second kappa shape index (κ2) is 9.49. The zero-order valence-electron chi connectivity index (χ0n) is 16.7. The standard InChI is InChI=1S/C24H21N3O3S/c28-24(19-6-2-1-3-7-19)25-14-15-26-16-23(21-8-4-5-9-22(21)26)31-17-18-10-12-20(13-11-18)27(29)30/h1-13,16H,14-15,17H2,(H,25,28). The molecule has 1 N–H and O–H groups in total. The highest BCUT2D eigenvalue weighted by Crippen LogP contribution is 2.32. The summed E-state index contributed by atoms with van der Waals surface area (Å²) in [6, 6.07) is 24.0. The third-order valence-electron chi connectivity index (χ3n) is 4.97. The number of hydrogen-bond donors (Lipinski definition) is 1. The lowest BCUT2D eigenvalue weighted by Crippen LogP contribution is -2.26. The maximum atomic E-state index is 12.3. The van der Waals surface area contributed by atoms with E-state index < -0.39 is 0 Å². The van der Waals surface area contributed by atoms with E-state index in [1.807, 2.05) is 30.3 Å². The van der Waals surface area contributed by atoms with Gasteiger partial charge >= 0.3 is 0 Å². The highest BCUT2D eigenvalue weighted by molar-refractivity contribution is 7.98. The summed E-state index contributed by atoms with van der Waals surface area (Å²) in [5.74, 6) is 0.640. The zero-order chi connectivity index (χ0) is 21.6.